The molecule has 1 amide bonds. The van der Waals surface area contributed by atoms with Gasteiger partial charge in [-0.2, -0.15) is 0 Å². The Morgan fingerprint density at radius 3 is 2.60 bits per heavy atom. The van der Waals surface area contributed by atoms with Gasteiger partial charge in [0.1, 0.15) is 0 Å². The van der Waals surface area contributed by atoms with E-state index < -0.39 is 17.9 Å². The summed E-state index contributed by atoms with van der Waals surface area (Å²) in [4.78, 5) is 21.9. The minimum atomic E-state index is -1.30. The number of carboxylic acids is 1. The third-order valence-corrected chi connectivity index (χ3v) is 1.98. The lowest BCUT2D eigenvalue weighted by Crippen LogP contribution is -2.45. The zero-order valence-corrected chi connectivity index (χ0v) is 8.61. The van der Waals surface area contributed by atoms with E-state index in [0.29, 0.717) is 5.56 Å². The van der Waals surface area contributed by atoms with Crippen molar-refractivity contribution in [2.24, 2.45) is 0 Å². The molecule has 0 heterocycles. The molecule has 0 aliphatic rings. The number of rotatable bonds is 3. The van der Waals surface area contributed by atoms with E-state index in [-0.39, 0.29) is 0 Å². The first-order chi connectivity index (χ1) is 7.00. The van der Waals surface area contributed by atoms with E-state index in [1.165, 1.54) is 6.92 Å². The van der Waals surface area contributed by atoms with Crippen molar-refractivity contribution in [1.82, 2.24) is 5.32 Å². The predicted molar refractivity (Wildman–Crippen MR) is 53.1 cm³/mol. The molecule has 0 fully saturated rings. The molecule has 0 unspecified atom stereocenters. The maximum Gasteiger partial charge on any atom is 0.251 e. The van der Waals surface area contributed by atoms with Gasteiger partial charge in [0.15, 0.2) is 0 Å². The van der Waals surface area contributed by atoms with E-state index in [4.69, 9.17) is 0 Å². The summed E-state index contributed by atoms with van der Waals surface area (Å²) in [7, 11) is 0. The van der Waals surface area contributed by atoms with Gasteiger partial charge in [-0.1, -0.05) is 17.7 Å². The van der Waals surface area contributed by atoms with E-state index in [0.717, 1.165) is 5.56 Å². The normalized spacial score (nSPS) is 11.9. The fraction of sp³-hybridized carbons (Fsp3) is 0.273. The third kappa shape index (κ3) is 3.09. The van der Waals surface area contributed by atoms with Gasteiger partial charge in [-0.3, -0.25) is 4.79 Å². The van der Waals surface area contributed by atoms with Crippen molar-refractivity contribution in [3.63, 3.8) is 0 Å². The minimum absolute atomic E-state index is 0.407. The van der Waals surface area contributed by atoms with Crippen molar-refractivity contribution >= 4 is 11.9 Å². The van der Waals surface area contributed by atoms with Crippen molar-refractivity contribution < 1.29 is 14.7 Å². The van der Waals surface area contributed by atoms with Gasteiger partial charge < -0.3 is 15.2 Å². The zero-order chi connectivity index (χ0) is 11.4. The number of carbonyl (C=O) groups excluding carboxylic acids is 2. The first-order valence-electron chi connectivity index (χ1n) is 4.59. The van der Waals surface area contributed by atoms with Crippen LogP contribution in [0.3, 0.4) is 0 Å². The smallest absolute Gasteiger partial charge is 0.251 e. The quantitative estimate of drug-likeness (QED) is 0.748. The number of benzene rings is 1. The van der Waals surface area contributed by atoms with E-state index in [9.17, 15) is 14.7 Å². The van der Waals surface area contributed by atoms with Crippen LogP contribution in [0.25, 0.3) is 0 Å². The molecule has 0 aliphatic carbocycles. The maximum absolute atomic E-state index is 11.5. The van der Waals surface area contributed by atoms with Gasteiger partial charge in [0.2, 0.25) is 0 Å². The summed E-state index contributed by atoms with van der Waals surface area (Å²) in [6.07, 6.45) is 0. The van der Waals surface area contributed by atoms with E-state index in [1.54, 1.807) is 18.2 Å². The van der Waals surface area contributed by atoms with Crippen LogP contribution in [-0.2, 0) is 4.79 Å². The number of carbonyl (C=O) groups is 2. The highest BCUT2D eigenvalue weighted by Crippen LogP contribution is 2.03. The Labute approximate surface area is 87.9 Å². The molecule has 1 rings (SSSR count). The Bertz CT molecular complexity index is 387. The molecule has 4 heteroatoms. The van der Waals surface area contributed by atoms with E-state index in [1.807, 2.05) is 13.0 Å². The Morgan fingerprint density at radius 2 is 2.07 bits per heavy atom. The summed E-state index contributed by atoms with van der Waals surface area (Å²) in [5, 5.41) is 12.7. The van der Waals surface area contributed by atoms with Crippen molar-refractivity contribution in [3.05, 3.63) is 35.4 Å². The fourth-order valence-corrected chi connectivity index (χ4v) is 1.13. The van der Waals surface area contributed by atoms with Gasteiger partial charge in [-0.05, 0) is 26.0 Å². The van der Waals surface area contributed by atoms with Crippen molar-refractivity contribution in [3.8, 4) is 0 Å². The van der Waals surface area contributed by atoms with Crippen molar-refractivity contribution in [2.45, 2.75) is 19.9 Å². The number of aliphatic carboxylic acids is 1. The predicted octanol–water partition coefficient (Wildman–Crippen LogP) is -0.137. The highest BCUT2D eigenvalue weighted by atomic mass is 16.4. The summed E-state index contributed by atoms with van der Waals surface area (Å²) < 4.78 is 0. The highest BCUT2D eigenvalue weighted by molar-refractivity contribution is 5.96. The summed E-state index contributed by atoms with van der Waals surface area (Å²) in [6.45, 7) is 3.22. The molecule has 1 aromatic rings. The molecule has 0 aromatic heterocycles. The molecule has 80 valence electrons. The van der Waals surface area contributed by atoms with Gasteiger partial charge in [0.25, 0.3) is 5.91 Å². The molecule has 15 heavy (non-hydrogen) atoms. The van der Waals surface area contributed by atoms with Crippen LogP contribution in [0.15, 0.2) is 24.3 Å². The van der Waals surface area contributed by atoms with Crippen molar-refractivity contribution in [1.29, 1.82) is 0 Å². The van der Waals surface area contributed by atoms with Crippen molar-refractivity contribution in [2.75, 3.05) is 0 Å². The number of nitrogens with one attached hydrogen (secondary N) is 1. The molecule has 0 bridgehead atoms. The largest absolute Gasteiger partial charge is 0.548 e. The Balaban J connectivity index is 2.73. The number of amides is 1. The lowest BCUT2D eigenvalue weighted by atomic mass is 10.1. The Morgan fingerprint density at radius 1 is 1.40 bits per heavy atom. The zero-order valence-electron chi connectivity index (χ0n) is 8.61. The topological polar surface area (TPSA) is 69.2 Å². The second-order valence-corrected chi connectivity index (χ2v) is 3.38. The number of hydrogen-bond acceptors (Lipinski definition) is 3. The number of hydrogen-bond donors (Lipinski definition) is 1. The second-order valence-electron chi connectivity index (χ2n) is 3.38. The molecule has 0 radical (unpaired) electrons. The van der Waals surface area contributed by atoms with Crippen LogP contribution in [0, 0.1) is 6.92 Å². The molecule has 0 saturated carbocycles. The second kappa shape index (κ2) is 4.59. The summed E-state index contributed by atoms with van der Waals surface area (Å²) in [6, 6.07) is 5.94. The maximum atomic E-state index is 11.5. The standard InChI is InChI=1S/C11H13NO3/c1-7-4-3-5-9(6-7)10(13)12-8(2)11(14)15/h3-6,8H,1-2H3,(H,12,13)(H,14,15)/p-1/t8-/m1/s1. The van der Waals surface area contributed by atoms with Crippen LogP contribution in [0.5, 0.6) is 0 Å². The third-order valence-electron chi connectivity index (χ3n) is 1.98. The van der Waals surface area contributed by atoms with Crippen LogP contribution in [0.1, 0.15) is 22.8 Å². The van der Waals surface area contributed by atoms with Gasteiger partial charge in [-0.25, -0.2) is 0 Å². The number of aryl methyl sites for hydroxylation is 1. The average Bonchev–Trinajstić information content (AvgIpc) is 2.17. The molecular formula is C11H12NO3-. The molecular weight excluding hydrogens is 194 g/mol. The molecule has 1 aromatic carbocycles. The molecule has 0 aliphatic heterocycles. The highest BCUT2D eigenvalue weighted by Gasteiger charge is 2.09. The van der Waals surface area contributed by atoms with Crippen LogP contribution < -0.4 is 10.4 Å². The Kier molecular flexibility index (Phi) is 3.44. The molecule has 1 N–H and O–H groups in total. The summed E-state index contributed by atoms with van der Waals surface area (Å²) >= 11 is 0. The lowest BCUT2D eigenvalue weighted by molar-refractivity contribution is -0.307. The van der Waals surface area contributed by atoms with Gasteiger partial charge in [0, 0.05) is 5.56 Å². The minimum Gasteiger partial charge on any atom is -0.548 e. The monoisotopic (exact) mass is 206 g/mol. The first-order valence-corrected chi connectivity index (χ1v) is 4.59. The number of carboxylic acid groups (broad SMARTS) is 1. The molecule has 4 nitrogen and oxygen atoms in total. The first kappa shape index (κ1) is 11.2. The lowest BCUT2D eigenvalue weighted by Gasteiger charge is -2.14. The summed E-state index contributed by atoms with van der Waals surface area (Å²) in [5.41, 5.74) is 1.40. The average molecular weight is 206 g/mol. The molecule has 0 spiro atoms. The van der Waals surface area contributed by atoms with Gasteiger partial charge in [0.05, 0.1) is 12.0 Å². The van der Waals surface area contributed by atoms with Gasteiger partial charge in [-0.15, -0.1) is 0 Å². The van der Waals surface area contributed by atoms with Crippen LogP contribution in [0.2, 0.25) is 0 Å². The van der Waals surface area contributed by atoms with E-state index in [2.05, 4.69) is 5.32 Å². The van der Waals surface area contributed by atoms with Crippen LogP contribution >= 0.6 is 0 Å². The molecule has 1 atom stereocenters. The fourth-order valence-electron chi connectivity index (χ4n) is 1.13. The van der Waals surface area contributed by atoms with Gasteiger partial charge >= 0.3 is 0 Å². The van der Waals surface area contributed by atoms with Crippen LogP contribution in [0.4, 0.5) is 0 Å². The van der Waals surface area contributed by atoms with E-state index >= 15 is 0 Å². The molecule has 0 saturated heterocycles. The summed E-state index contributed by atoms with van der Waals surface area (Å²) in [5.74, 6) is -1.70. The SMILES string of the molecule is Cc1cccc(C(=O)N[C@H](C)C(=O)[O-])c1. The Hall–Kier alpha value is -1.84. The van der Waals surface area contributed by atoms with Crippen LogP contribution in [-0.4, -0.2) is 17.9 Å².